The minimum absolute atomic E-state index is 0.297. The number of morpholine rings is 1. The lowest BCUT2D eigenvalue weighted by Gasteiger charge is -2.38. The third-order valence-electron chi connectivity index (χ3n) is 4.10. The van der Waals surface area contributed by atoms with E-state index in [1.807, 2.05) is 11.0 Å². The maximum absolute atomic E-state index is 11.3. The summed E-state index contributed by atoms with van der Waals surface area (Å²) in [5.41, 5.74) is 2.67. The van der Waals surface area contributed by atoms with Gasteiger partial charge in [0.1, 0.15) is 0 Å². The zero-order chi connectivity index (χ0) is 13.1. The van der Waals surface area contributed by atoms with Gasteiger partial charge in [0.2, 0.25) is 6.41 Å². The van der Waals surface area contributed by atoms with Crippen molar-refractivity contribution in [2.75, 3.05) is 32.8 Å². The Balaban J connectivity index is 1.71. The van der Waals surface area contributed by atoms with Gasteiger partial charge in [0.15, 0.2) is 0 Å². The zero-order valence-corrected chi connectivity index (χ0v) is 11.1. The summed E-state index contributed by atoms with van der Waals surface area (Å²) < 4.78 is 5.37. The van der Waals surface area contributed by atoms with Crippen LogP contribution in [0.3, 0.4) is 0 Å². The second-order valence-electron chi connectivity index (χ2n) is 5.32. The summed E-state index contributed by atoms with van der Waals surface area (Å²) in [5.74, 6) is 0. The third-order valence-corrected chi connectivity index (χ3v) is 4.10. The minimum Gasteiger partial charge on any atom is -0.379 e. The fraction of sp³-hybridized carbons (Fsp3) is 0.533. The number of nitrogens with zero attached hydrogens (tertiary/aromatic N) is 2. The van der Waals surface area contributed by atoms with Crippen LogP contribution in [0.15, 0.2) is 24.3 Å². The van der Waals surface area contributed by atoms with E-state index in [2.05, 4.69) is 23.1 Å². The van der Waals surface area contributed by atoms with Crippen molar-refractivity contribution < 1.29 is 9.53 Å². The molecule has 0 radical (unpaired) electrons. The predicted molar refractivity (Wildman–Crippen MR) is 72.8 cm³/mol. The van der Waals surface area contributed by atoms with Gasteiger partial charge in [-0.05, 0) is 17.5 Å². The van der Waals surface area contributed by atoms with Crippen molar-refractivity contribution in [1.82, 2.24) is 9.80 Å². The monoisotopic (exact) mass is 260 g/mol. The number of rotatable bonds is 3. The van der Waals surface area contributed by atoms with Gasteiger partial charge in [-0.1, -0.05) is 24.3 Å². The van der Waals surface area contributed by atoms with E-state index in [9.17, 15) is 4.79 Å². The van der Waals surface area contributed by atoms with Crippen molar-refractivity contribution >= 4 is 6.41 Å². The molecule has 0 spiro atoms. The molecule has 2 aliphatic rings. The highest BCUT2D eigenvalue weighted by atomic mass is 16.5. The van der Waals surface area contributed by atoms with E-state index >= 15 is 0 Å². The molecule has 0 aromatic heterocycles. The van der Waals surface area contributed by atoms with Crippen LogP contribution in [0.4, 0.5) is 0 Å². The van der Waals surface area contributed by atoms with Gasteiger partial charge in [0.05, 0.1) is 13.2 Å². The van der Waals surface area contributed by atoms with E-state index in [4.69, 9.17) is 4.74 Å². The van der Waals surface area contributed by atoms with Crippen molar-refractivity contribution in [3.8, 4) is 0 Å². The second kappa shape index (κ2) is 5.72. The summed E-state index contributed by atoms with van der Waals surface area (Å²) in [6.07, 6.45) is 1.97. The molecule has 102 valence electrons. The van der Waals surface area contributed by atoms with E-state index in [0.717, 1.165) is 52.2 Å². The number of hydrogen-bond acceptors (Lipinski definition) is 3. The van der Waals surface area contributed by atoms with Crippen molar-refractivity contribution in [3.05, 3.63) is 35.4 Å². The third kappa shape index (κ3) is 2.80. The van der Waals surface area contributed by atoms with E-state index in [-0.39, 0.29) is 0 Å². The van der Waals surface area contributed by atoms with Crippen LogP contribution >= 0.6 is 0 Å². The number of hydrogen-bond donors (Lipinski definition) is 0. The van der Waals surface area contributed by atoms with Crippen LogP contribution in [0.2, 0.25) is 0 Å². The van der Waals surface area contributed by atoms with Crippen LogP contribution in [-0.2, 0) is 22.5 Å². The van der Waals surface area contributed by atoms with Crippen molar-refractivity contribution in [2.45, 2.75) is 19.0 Å². The molecule has 1 fully saturated rings. The van der Waals surface area contributed by atoms with Gasteiger partial charge >= 0.3 is 0 Å². The number of carbonyl (C=O) groups excluding carboxylic acids is 1. The maximum atomic E-state index is 11.3. The SMILES string of the molecule is O=CN1Cc2ccccc2C[C@H]1CN1CCOCC1. The summed E-state index contributed by atoms with van der Waals surface area (Å²) in [6.45, 7) is 5.27. The van der Waals surface area contributed by atoms with Gasteiger partial charge in [-0.2, -0.15) is 0 Å². The van der Waals surface area contributed by atoms with E-state index in [1.54, 1.807) is 0 Å². The lowest BCUT2D eigenvalue weighted by Crippen LogP contribution is -2.49. The van der Waals surface area contributed by atoms with Crippen LogP contribution in [0.25, 0.3) is 0 Å². The molecule has 2 heterocycles. The molecular weight excluding hydrogens is 240 g/mol. The highest BCUT2D eigenvalue weighted by Crippen LogP contribution is 2.22. The van der Waals surface area contributed by atoms with Crippen LogP contribution < -0.4 is 0 Å². The largest absolute Gasteiger partial charge is 0.379 e. The highest BCUT2D eigenvalue weighted by molar-refractivity contribution is 5.50. The van der Waals surface area contributed by atoms with E-state index in [0.29, 0.717) is 6.04 Å². The normalized spacial score (nSPS) is 24.0. The van der Waals surface area contributed by atoms with Gasteiger partial charge in [0.25, 0.3) is 0 Å². The fourth-order valence-electron chi connectivity index (χ4n) is 2.98. The zero-order valence-electron chi connectivity index (χ0n) is 11.1. The average molecular weight is 260 g/mol. The van der Waals surface area contributed by atoms with Crippen LogP contribution in [0.5, 0.6) is 0 Å². The Morgan fingerprint density at radius 3 is 2.68 bits per heavy atom. The minimum atomic E-state index is 0.297. The smallest absolute Gasteiger partial charge is 0.210 e. The number of fused-ring (bicyclic) bond motifs is 1. The lowest BCUT2D eigenvalue weighted by atomic mass is 9.94. The first-order valence-corrected chi connectivity index (χ1v) is 6.95. The highest BCUT2D eigenvalue weighted by Gasteiger charge is 2.27. The number of carbonyl (C=O) groups is 1. The molecule has 2 aliphatic heterocycles. The van der Waals surface area contributed by atoms with E-state index < -0.39 is 0 Å². The molecule has 0 bridgehead atoms. The molecule has 0 unspecified atom stereocenters. The van der Waals surface area contributed by atoms with E-state index in [1.165, 1.54) is 11.1 Å². The first-order valence-electron chi connectivity index (χ1n) is 6.95. The van der Waals surface area contributed by atoms with Gasteiger partial charge in [-0.3, -0.25) is 9.69 Å². The first-order chi connectivity index (χ1) is 9.36. The Hall–Kier alpha value is -1.39. The Morgan fingerprint density at radius 2 is 1.95 bits per heavy atom. The predicted octanol–water partition coefficient (Wildman–Crippen LogP) is 0.902. The molecule has 0 N–H and O–H groups in total. The summed E-state index contributed by atoms with van der Waals surface area (Å²) in [7, 11) is 0. The number of benzene rings is 1. The van der Waals surface area contributed by atoms with Crippen LogP contribution in [0, 0.1) is 0 Å². The van der Waals surface area contributed by atoms with Crippen LogP contribution in [-0.4, -0.2) is 55.1 Å². The average Bonchev–Trinajstić information content (AvgIpc) is 2.47. The molecule has 1 saturated heterocycles. The topological polar surface area (TPSA) is 32.8 Å². The summed E-state index contributed by atoms with van der Waals surface area (Å²) in [6, 6.07) is 8.73. The Morgan fingerprint density at radius 1 is 1.21 bits per heavy atom. The lowest BCUT2D eigenvalue weighted by molar-refractivity contribution is -0.121. The Labute approximate surface area is 113 Å². The number of amides is 1. The molecule has 1 atom stereocenters. The summed E-state index contributed by atoms with van der Waals surface area (Å²) in [5, 5.41) is 0. The molecule has 3 rings (SSSR count). The molecule has 1 aromatic rings. The van der Waals surface area contributed by atoms with Gasteiger partial charge in [-0.25, -0.2) is 0 Å². The fourth-order valence-corrected chi connectivity index (χ4v) is 2.98. The summed E-state index contributed by atoms with van der Waals surface area (Å²) in [4.78, 5) is 15.6. The molecular formula is C15H20N2O2. The molecule has 19 heavy (non-hydrogen) atoms. The van der Waals surface area contributed by atoms with Crippen molar-refractivity contribution in [1.29, 1.82) is 0 Å². The molecule has 0 aliphatic carbocycles. The van der Waals surface area contributed by atoms with Gasteiger partial charge in [0, 0.05) is 32.2 Å². The Kier molecular flexibility index (Phi) is 3.80. The van der Waals surface area contributed by atoms with Crippen molar-refractivity contribution in [3.63, 3.8) is 0 Å². The van der Waals surface area contributed by atoms with Gasteiger partial charge in [-0.15, -0.1) is 0 Å². The molecule has 1 aromatic carbocycles. The standard InChI is InChI=1S/C15H20N2O2/c18-12-17-10-14-4-2-1-3-13(14)9-15(17)11-16-5-7-19-8-6-16/h1-4,12,15H,5-11H2/t15-/m0/s1. The quantitative estimate of drug-likeness (QED) is 0.757. The molecule has 4 heteroatoms. The van der Waals surface area contributed by atoms with Crippen LogP contribution in [0.1, 0.15) is 11.1 Å². The Bertz CT molecular complexity index is 444. The molecule has 1 amide bonds. The van der Waals surface area contributed by atoms with Crippen molar-refractivity contribution in [2.24, 2.45) is 0 Å². The number of ether oxygens (including phenoxy) is 1. The van der Waals surface area contributed by atoms with Gasteiger partial charge < -0.3 is 9.64 Å². The summed E-state index contributed by atoms with van der Waals surface area (Å²) >= 11 is 0. The second-order valence-corrected chi connectivity index (χ2v) is 5.32. The first kappa shape index (κ1) is 12.6. The molecule has 0 saturated carbocycles. The molecule has 4 nitrogen and oxygen atoms in total. The maximum Gasteiger partial charge on any atom is 0.210 e.